The van der Waals surface area contributed by atoms with Crippen molar-refractivity contribution in [1.82, 2.24) is 26.6 Å². The Morgan fingerprint density at radius 2 is 1.40 bits per heavy atom. The van der Waals surface area contributed by atoms with Crippen molar-refractivity contribution in [3.63, 3.8) is 0 Å². The zero-order valence-corrected chi connectivity index (χ0v) is 26.2. The summed E-state index contributed by atoms with van der Waals surface area (Å²) in [5.41, 5.74) is 11.9. The van der Waals surface area contributed by atoms with Crippen LogP contribution < -0.4 is 42.8 Å². The lowest BCUT2D eigenvalue weighted by atomic mass is 10.1. The fourth-order valence-corrected chi connectivity index (χ4v) is 4.45. The summed E-state index contributed by atoms with van der Waals surface area (Å²) in [5, 5.41) is 15.1. The minimum atomic E-state index is -1.02. The molecule has 1 aromatic rings. The van der Waals surface area contributed by atoms with E-state index in [1.165, 1.54) is 7.11 Å². The van der Waals surface area contributed by atoms with Crippen LogP contribution in [0.5, 0.6) is 5.75 Å². The molecule has 244 valence electrons. The van der Waals surface area contributed by atoms with E-state index in [1.54, 1.807) is 24.3 Å². The van der Waals surface area contributed by atoms with Crippen LogP contribution in [-0.2, 0) is 25.6 Å². The van der Waals surface area contributed by atoms with E-state index in [-0.39, 0.29) is 18.7 Å². The van der Waals surface area contributed by atoms with Gasteiger partial charge in [0, 0.05) is 18.7 Å². The van der Waals surface area contributed by atoms with Crippen molar-refractivity contribution in [3.8, 4) is 5.75 Å². The first-order chi connectivity index (χ1) is 20.8. The molecule has 0 radical (unpaired) electrons. The highest BCUT2D eigenvalue weighted by atomic mass is 16.5. The molecule has 0 spiro atoms. The molecule has 1 rings (SSSR count). The zero-order chi connectivity index (χ0) is 31.7. The molecule has 0 saturated carbocycles. The number of methoxy groups -OCH3 is 1. The summed E-state index contributed by atoms with van der Waals surface area (Å²) in [6, 6.07) is 5.70. The summed E-state index contributed by atoms with van der Waals surface area (Å²) in [4.78, 5) is 48.5. The summed E-state index contributed by atoms with van der Waals surface area (Å²) in [5.74, 6) is -0.964. The fraction of sp³-hybridized carbons (Fsp3) is 0.677. The lowest BCUT2D eigenvalue weighted by molar-refractivity contribution is -0.131. The van der Waals surface area contributed by atoms with E-state index in [2.05, 4.69) is 33.5 Å². The fourth-order valence-electron chi connectivity index (χ4n) is 4.45. The smallest absolute Gasteiger partial charge is 0.243 e. The number of nitrogens with one attached hydrogen (secondary N) is 5. The maximum atomic E-state index is 12.6. The molecule has 43 heavy (non-hydrogen) atoms. The molecule has 0 aliphatic heterocycles. The molecule has 0 aromatic heterocycles. The normalized spacial score (nSPS) is 12.3. The molecule has 0 fully saturated rings. The number of benzene rings is 1. The van der Waals surface area contributed by atoms with E-state index in [9.17, 15) is 19.2 Å². The van der Waals surface area contributed by atoms with E-state index < -0.39 is 29.8 Å². The van der Waals surface area contributed by atoms with E-state index >= 15 is 0 Å². The summed E-state index contributed by atoms with van der Waals surface area (Å²) in [6.45, 7) is 6.78. The van der Waals surface area contributed by atoms with Crippen LogP contribution in [0.3, 0.4) is 0 Å². The van der Waals surface area contributed by atoms with Crippen molar-refractivity contribution in [2.24, 2.45) is 11.5 Å². The Morgan fingerprint density at radius 1 is 0.791 bits per heavy atom. The number of carbonyl (C=O) groups excluding carboxylic acids is 4. The Bertz CT molecular complexity index is 947. The van der Waals surface area contributed by atoms with Crippen LogP contribution in [0, 0.1) is 0 Å². The molecule has 12 nitrogen and oxygen atoms in total. The van der Waals surface area contributed by atoms with E-state index in [0.29, 0.717) is 24.4 Å². The first kappa shape index (κ1) is 37.8. The third kappa shape index (κ3) is 18.8. The summed E-state index contributed by atoms with van der Waals surface area (Å²) in [6.07, 6.45) is 8.29. The van der Waals surface area contributed by atoms with Gasteiger partial charge in [0.15, 0.2) is 0 Å². The van der Waals surface area contributed by atoms with Crippen molar-refractivity contribution in [2.75, 3.05) is 46.4 Å². The molecular formula is C31H55N7O5. The van der Waals surface area contributed by atoms with Gasteiger partial charge in [0.1, 0.15) is 11.8 Å². The highest BCUT2D eigenvalue weighted by Gasteiger charge is 2.23. The van der Waals surface area contributed by atoms with Crippen LogP contribution in [0.25, 0.3) is 0 Å². The highest BCUT2D eigenvalue weighted by molar-refractivity contribution is 5.92. The molecule has 0 heterocycles. The Morgan fingerprint density at radius 3 is 2.07 bits per heavy atom. The van der Waals surface area contributed by atoms with Crippen molar-refractivity contribution in [2.45, 2.75) is 89.6 Å². The first-order valence-corrected chi connectivity index (χ1v) is 15.7. The molecule has 2 atom stereocenters. The Balaban J connectivity index is 2.07. The number of rotatable bonds is 26. The highest BCUT2D eigenvalue weighted by Crippen LogP contribution is 2.17. The van der Waals surface area contributed by atoms with Gasteiger partial charge in [0.25, 0.3) is 0 Å². The Hall–Kier alpha value is -3.22. The largest absolute Gasteiger partial charge is 0.496 e. The van der Waals surface area contributed by atoms with Crippen LogP contribution in [0.15, 0.2) is 24.3 Å². The lowest BCUT2D eigenvalue weighted by Crippen LogP contribution is -2.49. The van der Waals surface area contributed by atoms with Gasteiger partial charge in [-0.15, -0.1) is 0 Å². The molecule has 0 saturated heterocycles. The molecule has 9 N–H and O–H groups in total. The second-order valence-corrected chi connectivity index (χ2v) is 10.7. The standard InChI is InChI=1S/C31H55N7O5/c1-3-4-6-14-25(32)30(41)36-21-12-19-35-18-11-17-34-16-9-5-10-20-37-31(42)26(23-28(33)39)38-29(40)22-24-13-7-8-15-27(24)43-2/h7-8,13,15,25-26,34-35H,3-6,9-12,14,16-23,32H2,1-2H3,(H2,33,39)(H,36,41)(H,37,42)(H,38,40). The summed E-state index contributed by atoms with van der Waals surface area (Å²) < 4.78 is 5.26. The maximum absolute atomic E-state index is 12.6. The van der Waals surface area contributed by atoms with E-state index in [1.807, 2.05) is 0 Å². The van der Waals surface area contributed by atoms with Crippen molar-refractivity contribution < 1.29 is 23.9 Å². The van der Waals surface area contributed by atoms with Gasteiger partial charge in [-0.3, -0.25) is 19.2 Å². The van der Waals surface area contributed by atoms with Gasteiger partial charge in [-0.05, 0) is 64.3 Å². The minimum Gasteiger partial charge on any atom is -0.496 e. The second-order valence-electron chi connectivity index (χ2n) is 10.7. The molecule has 1 aromatic carbocycles. The average molecular weight is 606 g/mol. The van der Waals surface area contributed by atoms with Gasteiger partial charge >= 0.3 is 0 Å². The zero-order valence-electron chi connectivity index (χ0n) is 26.2. The molecule has 2 unspecified atom stereocenters. The molecule has 4 amide bonds. The van der Waals surface area contributed by atoms with Gasteiger partial charge < -0.3 is 42.8 Å². The number of amides is 4. The maximum Gasteiger partial charge on any atom is 0.243 e. The van der Waals surface area contributed by atoms with Gasteiger partial charge in [-0.1, -0.05) is 50.8 Å². The Labute approximate surface area is 257 Å². The van der Waals surface area contributed by atoms with Gasteiger partial charge in [0.05, 0.1) is 26.0 Å². The van der Waals surface area contributed by atoms with Crippen molar-refractivity contribution >= 4 is 23.6 Å². The molecular weight excluding hydrogens is 550 g/mol. The molecule has 0 aliphatic rings. The lowest BCUT2D eigenvalue weighted by Gasteiger charge is -2.18. The number of unbranched alkanes of at least 4 members (excludes halogenated alkanes) is 4. The second kappa shape index (κ2) is 24.2. The predicted molar refractivity (Wildman–Crippen MR) is 169 cm³/mol. The van der Waals surface area contributed by atoms with Gasteiger partial charge in [-0.2, -0.15) is 0 Å². The number of para-hydroxylation sites is 1. The van der Waals surface area contributed by atoms with Crippen LogP contribution >= 0.6 is 0 Å². The summed E-state index contributed by atoms with van der Waals surface area (Å²) >= 11 is 0. The quantitative estimate of drug-likeness (QED) is 0.0757. The molecule has 0 bridgehead atoms. The minimum absolute atomic E-state index is 0.0180. The number of primary amides is 1. The monoisotopic (exact) mass is 605 g/mol. The predicted octanol–water partition coefficient (Wildman–Crippen LogP) is 0.868. The molecule has 0 aliphatic carbocycles. The number of ether oxygens (including phenoxy) is 1. The number of carbonyl (C=O) groups is 4. The van der Waals surface area contributed by atoms with E-state index in [4.69, 9.17) is 16.2 Å². The van der Waals surface area contributed by atoms with Crippen molar-refractivity contribution in [3.05, 3.63) is 29.8 Å². The number of hydrogen-bond acceptors (Lipinski definition) is 8. The number of hydrogen-bond donors (Lipinski definition) is 7. The van der Waals surface area contributed by atoms with Crippen LogP contribution in [0.2, 0.25) is 0 Å². The first-order valence-electron chi connectivity index (χ1n) is 15.7. The third-order valence-electron chi connectivity index (χ3n) is 6.92. The van der Waals surface area contributed by atoms with Gasteiger partial charge in [0.2, 0.25) is 23.6 Å². The van der Waals surface area contributed by atoms with Crippen molar-refractivity contribution in [1.29, 1.82) is 0 Å². The average Bonchev–Trinajstić information content (AvgIpc) is 2.98. The summed E-state index contributed by atoms with van der Waals surface area (Å²) in [7, 11) is 1.52. The SMILES string of the molecule is CCCCCC(N)C(=O)NCCCNCCCNCCCCCNC(=O)C(CC(N)=O)NC(=O)Cc1ccccc1OC. The Kier molecular flexibility index (Phi) is 21.3. The third-order valence-corrected chi connectivity index (χ3v) is 6.92. The van der Waals surface area contributed by atoms with Crippen LogP contribution in [0.1, 0.15) is 76.7 Å². The van der Waals surface area contributed by atoms with Crippen LogP contribution in [0.4, 0.5) is 0 Å². The van der Waals surface area contributed by atoms with E-state index in [0.717, 1.165) is 84.0 Å². The van der Waals surface area contributed by atoms with Gasteiger partial charge in [-0.25, -0.2) is 0 Å². The number of nitrogens with two attached hydrogens (primary N) is 2. The van der Waals surface area contributed by atoms with Crippen LogP contribution in [-0.4, -0.2) is 82.1 Å². The topological polar surface area (TPSA) is 190 Å². The molecule has 12 heteroatoms.